The smallest absolute Gasteiger partial charge is 0.248 e. The normalized spacial score (nSPS) is 23.1. The standard InChI is InChI=1S/C7H8N2OS/c10-6-2-1-3-9-4-5-11-7(9)8-6/h4-5H,1-3H2. The molecule has 3 nitrogen and oxygen atoms in total. The SMILES string of the molecule is O=C1CCCN2C=CSC2=N1. The summed E-state index contributed by atoms with van der Waals surface area (Å²) in [4.78, 5) is 16.9. The second-order valence-corrected chi connectivity index (χ2v) is 3.36. The fourth-order valence-electron chi connectivity index (χ4n) is 1.12. The molecule has 2 aliphatic rings. The van der Waals surface area contributed by atoms with Gasteiger partial charge in [-0.05, 0) is 11.8 Å². The van der Waals surface area contributed by atoms with Crippen LogP contribution in [0.15, 0.2) is 16.6 Å². The van der Waals surface area contributed by atoms with Crippen molar-refractivity contribution in [2.45, 2.75) is 12.8 Å². The molecule has 2 rings (SSSR count). The van der Waals surface area contributed by atoms with Crippen LogP contribution in [0.2, 0.25) is 0 Å². The summed E-state index contributed by atoms with van der Waals surface area (Å²) >= 11 is 1.52. The number of aliphatic imine (C=N–C) groups is 1. The van der Waals surface area contributed by atoms with Crippen LogP contribution in [0.3, 0.4) is 0 Å². The molecule has 1 amide bonds. The van der Waals surface area contributed by atoms with Crippen molar-refractivity contribution in [1.29, 1.82) is 0 Å². The maximum absolute atomic E-state index is 11.0. The molecule has 0 aliphatic carbocycles. The summed E-state index contributed by atoms with van der Waals surface area (Å²) in [5.41, 5.74) is 0. The number of nitrogens with zero attached hydrogens (tertiary/aromatic N) is 2. The Hall–Kier alpha value is -0.770. The van der Waals surface area contributed by atoms with E-state index in [9.17, 15) is 4.79 Å². The summed E-state index contributed by atoms with van der Waals surface area (Å²) in [5, 5.41) is 2.80. The zero-order valence-electron chi connectivity index (χ0n) is 5.99. The van der Waals surface area contributed by atoms with Crippen LogP contribution in [0, 0.1) is 0 Å². The fraction of sp³-hybridized carbons (Fsp3) is 0.429. The maximum Gasteiger partial charge on any atom is 0.248 e. The molecule has 0 fully saturated rings. The summed E-state index contributed by atoms with van der Waals surface area (Å²) in [6.07, 6.45) is 3.48. The van der Waals surface area contributed by atoms with Crippen molar-refractivity contribution < 1.29 is 4.79 Å². The highest BCUT2D eigenvalue weighted by Gasteiger charge is 2.18. The topological polar surface area (TPSA) is 32.7 Å². The average molecular weight is 168 g/mol. The van der Waals surface area contributed by atoms with Gasteiger partial charge in [-0.1, -0.05) is 11.8 Å². The van der Waals surface area contributed by atoms with Crippen LogP contribution in [0.5, 0.6) is 0 Å². The molecule has 11 heavy (non-hydrogen) atoms. The zero-order valence-corrected chi connectivity index (χ0v) is 6.80. The van der Waals surface area contributed by atoms with E-state index in [2.05, 4.69) is 4.99 Å². The van der Waals surface area contributed by atoms with Gasteiger partial charge >= 0.3 is 0 Å². The third kappa shape index (κ3) is 1.30. The van der Waals surface area contributed by atoms with Crippen molar-refractivity contribution in [2.75, 3.05) is 6.54 Å². The monoisotopic (exact) mass is 168 g/mol. The molecular weight excluding hydrogens is 160 g/mol. The summed E-state index contributed by atoms with van der Waals surface area (Å²) in [7, 11) is 0. The Balaban J connectivity index is 2.24. The molecule has 0 spiro atoms. The molecule has 0 aromatic carbocycles. The third-order valence-corrected chi connectivity index (χ3v) is 2.46. The van der Waals surface area contributed by atoms with E-state index in [-0.39, 0.29) is 5.91 Å². The largest absolute Gasteiger partial charge is 0.327 e. The van der Waals surface area contributed by atoms with Gasteiger partial charge in [-0.25, -0.2) is 0 Å². The molecule has 0 saturated carbocycles. The number of thioether (sulfide) groups is 1. The van der Waals surface area contributed by atoms with E-state index in [0.717, 1.165) is 18.1 Å². The quantitative estimate of drug-likeness (QED) is 0.544. The average Bonchev–Trinajstić information content (AvgIpc) is 2.31. The van der Waals surface area contributed by atoms with E-state index >= 15 is 0 Å². The number of carbonyl (C=O) groups excluding carboxylic acids is 1. The van der Waals surface area contributed by atoms with Gasteiger partial charge < -0.3 is 4.90 Å². The highest BCUT2D eigenvalue weighted by atomic mass is 32.2. The minimum absolute atomic E-state index is 0.0127. The molecule has 58 valence electrons. The van der Waals surface area contributed by atoms with Crippen molar-refractivity contribution in [1.82, 2.24) is 4.90 Å². The lowest BCUT2D eigenvalue weighted by Gasteiger charge is -2.11. The molecule has 0 unspecified atom stereocenters. The van der Waals surface area contributed by atoms with Gasteiger partial charge in [0.2, 0.25) is 5.91 Å². The first-order chi connectivity index (χ1) is 5.36. The third-order valence-electron chi connectivity index (χ3n) is 1.67. The number of amides is 1. The summed E-state index contributed by atoms with van der Waals surface area (Å²) in [6, 6.07) is 0. The van der Waals surface area contributed by atoms with Gasteiger partial charge in [0.25, 0.3) is 0 Å². The second kappa shape index (κ2) is 2.70. The van der Waals surface area contributed by atoms with E-state index in [1.807, 2.05) is 16.5 Å². The number of carbonyl (C=O) groups is 1. The van der Waals surface area contributed by atoms with Crippen molar-refractivity contribution in [3.05, 3.63) is 11.6 Å². The van der Waals surface area contributed by atoms with Crippen LogP contribution in [0.25, 0.3) is 0 Å². The minimum Gasteiger partial charge on any atom is -0.327 e. The maximum atomic E-state index is 11.0. The van der Waals surface area contributed by atoms with E-state index in [1.165, 1.54) is 11.8 Å². The molecule has 0 aromatic heterocycles. The van der Waals surface area contributed by atoms with Crippen LogP contribution in [-0.4, -0.2) is 22.5 Å². The van der Waals surface area contributed by atoms with E-state index in [1.54, 1.807) is 0 Å². The van der Waals surface area contributed by atoms with Crippen molar-refractivity contribution >= 4 is 22.8 Å². The zero-order chi connectivity index (χ0) is 7.68. The van der Waals surface area contributed by atoms with Gasteiger partial charge in [0.15, 0.2) is 5.17 Å². The van der Waals surface area contributed by atoms with Crippen LogP contribution < -0.4 is 0 Å². The number of fused-ring (bicyclic) bond motifs is 1. The predicted molar refractivity (Wildman–Crippen MR) is 45.1 cm³/mol. The molecular formula is C7H8N2OS. The van der Waals surface area contributed by atoms with Crippen LogP contribution >= 0.6 is 11.8 Å². The highest BCUT2D eigenvalue weighted by molar-refractivity contribution is 8.16. The van der Waals surface area contributed by atoms with Gasteiger partial charge in [-0.15, -0.1) is 0 Å². The van der Waals surface area contributed by atoms with Crippen molar-refractivity contribution in [3.8, 4) is 0 Å². The van der Waals surface area contributed by atoms with Gasteiger partial charge in [0.05, 0.1) is 0 Å². The predicted octanol–water partition coefficient (Wildman–Crippen LogP) is 1.18. The number of rotatable bonds is 0. The first kappa shape index (κ1) is 6.91. The van der Waals surface area contributed by atoms with E-state index < -0.39 is 0 Å². The first-order valence-corrected chi connectivity index (χ1v) is 4.46. The molecule has 4 heteroatoms. The van der Waals surface area contributed by atoms with Crippen LogP contribution in [0.1, 0.15) is 12.8 Å². The Bertz CT molecular complexity index is 247. The molecule has 0 N–H and O–H groups in total. The fourth-order valence-corrected chi connectivity index (χ4v) is 1.89. The molecule has 2 heterocycles. The lowest BCUT2D eigenvalue weighted by atomic mass is 10.3. The molecule has 0 aromatic rings. The van der Waals surface area contributed by atoms with Gasteiger partial charge in [0, 0.05) is 19.2 Å². The molecule has 0 radical (unpaired) electrons. The van der Waals surface area contributed by atoms with Gasteiger partial charge in [-0.2, -0.15) is 4.99 Å². The lowest BCUT2D eigenvalue weighted by Crippen LogP contribution is -2.18. The van der Waals surface area contributed by atoms with Crippen LogP contribution in [-0.2, 0) is 4.79 Å². The van der Waals surface area contributed by atoms with Gasteiger partial charge in [-0.3, -0.25) is 4.79 Å². The van der Waals surface area contributed by atoms with E-state index in [4.69, 9.17) is 0 Å². The van der Waals surface area contributed by atoms with Crippen LogP contribution in [0.4, 0.5) is 0 Å². The Morgan fingerprint density at radius 1 is 1.64 bits per heavy atom. The van der Waals surface area contributed by atoms with Gasteiger partial charge in [0.1, 0.15) is 0 Å². The Morgan fingerprint density at radius 3 is 3.45 bits per heavy atom. The summed E-state index contributed by atoms with van der Waals surface area (Å²) in [5.74, 6) is 0.0127. The van der Waals surface area contributed by atoms with Crippen molar-refractivity contribution in [3.63, 3.8) is 0 Å². The molecule has 0 atom stereocenters. The Kier molecular flexibility index (Phi) is 1.69. The Morgan fingerprint density at radius 2 is 2.55 bits per heavy atom. The first-order valence-electron chi connectivity index (χ1n) is 3.58. The number of hydrogen-bond donors (Lipinski definition) is 0. The lowest BCUT2D eigenvalue weighted by molar-refractivity contribution is -0.117. The molecule has 0 saturated heterocycles. The van der Waals surface area contributed by atoms with Crippen molar-refractivity contribution in [2.24, 2.45) is 4.99 Å². The molecule has 0 bridgehead atoms. The molecule has 2 aliphatic heterocycles. The Labute approximate surface area is 69.2 Å². The summed E-state index contributed by atoms with van der Waals surface area (Å²) in [6.45, 7) is 0.925. The second-order valence-electron chi connectivity index (χ2n) is 2.49. The summed E-state index contributed by atoms with van der Waals surface area (Å²) < 4.78 is 0. The highest BCUT2D eigenvalue weighted by Crippen LogP contribution is 2.22. The number of hydrogen-bond acceptors (Lipinski definition) is 3. The van der Waals surface area contributed by atoms with E-state index in [0.29, 0.717) is 6.42 Å². The number of amidine groups is 1. The minimum atomic E-state index is 0.0127.